The summed E-state index contributed by atoms with van der Waals surface area (Å²) in [7, 11) is 0. The van der Waals surface area contributed by atoms with Gasteiger partial charge in [0.2, 0.25) is 0 Å². The summed E-state index contributed by atoms with van der Waals surface area (Å²) >= 11 is 0. The van der Waals surface area contributed by atoms with Gasteiger partial charge in [-0.05, 0) is 63.6 Å². The number of halogens is 2. The molecule has 0 spiro atoms. The lowest BCUT2D eigenvalue weighted by Crippen LogP contribution is -2.51. The van der Waals surface area contributed by atoms with Gasteiger partial charge in [0.25, 0.3) is 0 Å². The number of hydrogen-bond acceptors (Lipinski definition) is 4. The zero-order valence-electron chi connectivity index (χ0n) is 18.9. The van der Waals surface area contributed by atoms with Crippen LogP contribution >= 0.6 is 24.0 Å². The summed E-state index contributed by atoms with van der Waals surface area (Å²) in [6, 6.07) is 5.57. The molecule has 2 fully saturated rings. The molecule has 0 radical (unpaired) electrons. The Morgan fingerprint density at radius 1 is 1.29 bits per heavy atom. The summed E-state index contributed by atoms with van der Waals surface area (Å²) in [6.45, 7) is 9.62. The summed E-state index contributed by atoms with van der Waals surface area (Å²) < 4.78 is 25.6. The minimum atomic E-state index is -0.147. The lowest BCUT2D eigenvalue weighted by molar-refractivity contribution is -0.0318. The molecule has 31 heavy (non-hydrogen) atoms. The van der Waals surface area contributed by atoms with Crippen molar-refractivity contribution in [3.05, 3.63) is 29.6 Å². The van der Waals surface area contributed by atoms with E-state index in [4.69, 9.17) is 14.5 Å². The lowest BCUT2D eigenvalue weighted by Gasteiger charge is -2.35. The normalized spacial score (nSPS) is 20.3. The summed E-state index contributed by atoms with van der Waals surface area (Å²) in [6.07, 6.45) is 5.31. The number of aryl methyl sites for hydroxylation is 1. The number of nitrogens with one attached hydrogen (secondary N) is 2. The average molecular weight is 548 g/mol. The fourth-order valence-corrected chi connectivity index (χ4v) is 4.04. The lowest BCUT2D eigenvalue weighted by atomic mass is 10.0. The van der Waals surface area contributed by atoms with E-state index in [0.29, 0.717) is 11.8 Å². The maximum Gasteiger partial charge on any atom is 0.191 e. The Balaban J connectivity index is 0.00000341. The topological polar surface area (TPSA) is 58.1 Å². The van der Waals surface area contributed by atoms with Crippen LogP contribution in [-0.4, -0.2) is 64.1 Å². The van der Waals surface area contributed by atoms with Crippen LogP contribution in [0.1, 0.15) is 44.6 Å². The number of hydrogen-bond donors (Lipinski definition) is 2. The first-order valence-corrected chi connectivity index (χ1v) is 11.4. The Labute approximate surface area is 203 Å². The second kappa shape index (κ2) is 14.1. The van der Waals surface area contributed by atoms with Crippen molar-refractivity contribution in [1.82, 2.24) is 10.6 Å². The van der Waals surface area contributed by atoms with Crippen molar-refractivity contribution in [3.63, 3.8) is 0 Å². The molecule has 0 bridgehead atoms. The van der Waals surface area contributed by atoms with E-state index in [9.17, 15) is 4.39 Å². The Morgan fingerprint density at radius 3 is 2.87 bits per heavy atom. The highest BCUT2D eigenvalue weighted by molar-refractivity contribution is 14.0. The van der Waals surface area contributed by atoms with Crippen LogP contribution < -0.4 is 15.5 Å². The Kier molecular flexibility index (Phi) is 11.9. The number of anilines is 1. The second-order valence-corrected chi connectivity index (χ2v) is 8.18. The van der Waals surface area contributed by atoms with Crippen LogP contribution in [0.3, 0.4) is 0 Å². The van der Waals surface area contributed by atoms with Crippen molar-refractivity contribution in [2.24, 2.45) is 4.99 Å². The molecule has 0 saturated carbocycles. The summed E-state index contributed by atoms with van der Waals surface area (Å²) in [5.74, 6) is 0.687. The first-order valence-electron chi connectivity index (χ1n) is 11.4. The molecule has 2 saturated heterocycles. The number of guanidine groups is 1. The average Bonchev–Trinajstić information content (AvgIpc) is 2.76. The molecule has 8 heteroatoms. The van der Waals surface area contributed by atoms with Gasteiger partial charge in [-0.3, -0.25) is 4.99 Å². The number of rotatable bonds is 8. The van der Waals surface area contributed by atoms with Crippen molar-refractivity contribution >= 4 is 35.6 Å². The van der Waals surface area contributed by atoms with E-state index in [0.717, 1.165) is 89.6 Å². The molecular weight excluding hydrogens is 510 g/mol. The van der Waals surface area contributed by atoms with Gasteiger partial charge in [-0.2, -0.15) is 0 Å². The van der Waals surface area contributed by atoms with E-state index in [1.54, 1.807) is 6.07 Å². The first-order chi connectivity index (χ1) is 14.7. The molecular formula is C23H38FIN4O2. The molecule has 1 unspecified atom stereocenters. The Hall–Kier alpha value is -1.13. The number of ether oxygens (including phenoxy) is 2. The SMILES string of the molecule is CCNC(=NCCCOC1CCOCC1)NC1CCCN(c2cc(C)ccc2F)C1.I. The molecule has 3 rings (SSSR count). The minimum Gasteiger partial charge on any atom is -0.381 e. The number of benzene rings is 1. The third kappa shape index (κ3) is 8.73. The van der Waals surface area contributed by atoms with Crippen molar-refractivity contribution in [2.45, 2.75) is 58.1 Å². The Morgan fingerprint density at radius 2 is 2.10 bits per heavy atom. The van der Waals surface area contributed by atoms with Gasteiger partial charge in [0.1, 0.15) is 5.82 Å². The van der Waals surface area contributed by atoms with Gasteiger partial charge >= 0.3 is 0 Å². The molecule has 1 aromatic carbocycles. The van der Waals surface area contributed by atoms with Crippen LogP contribution in [0.5, 0.6) is 0 Å². The smallest absolute Gasteiger partial charge is 0.191 e. The molecule has 0 amide bonds. The van der Waals surface area contributed by atoms with Crippen molar-refractivity contribution < 1.29 is 13.9 Å². The number of piperidine rings is 1. The van der Waals surface area contributed by atoms with E-state index in [-0.39, 0.29) is 35.8 Å². The van der Waals surface area contributed by atoms with Gasteiger partial charge in [0.15, 0.2) is 5.96 Å². The van der Waals surface area contributed by atoms with Crippen LogP contribution in [0.15, 0.2) is 23.2 Å². The molecule has 0 aromatic heterocycles. The van der Waals surface area contributed by atoms with Crippen molar-refractivity contribution in [2.75, 3.05) is 50.9 Å². The van der Waals surface area contributed by atoms with Crippen molar-refractivity contribution in [1.29, 1.82) is 0 Å². The molecule has 1 aromatic rings. The van der Waals surface area contributed by atoms with Crippen LogP contribution in [0.2, 0.25) is 0 Å². The molecule has 0 aliphatic carbocycles. The number of nitrogens with zero attached hydrogens (tertiary/aromatic N) is 2. The molecule has 2 heterocycles. The minimum absolute atomic E-state index is 0. The third-order valence-corrected chi connectivity index (χ3v) is 5.64. The summed E-state index contributed by atoms with van der Waals surface area (Å²) in [4.78, 5) is 6.86. The van der Waals surface area contributed by atoms with Crippen LogP contribution in [-0.2, 0) is 9.47 Å². The standard InChI is InChI=1S/C23H37FN4O2.HI/c1-3-25-23(26-11-5-13-30-20-9-14-29-15-10-20)27-19-6-4-12-28(17-19)22-16-18(2)7-8-21(22)24;/h7-8,16,19-20H,3-6,9-15,17H2,1-2H3,(H2,25,26,27);1H. The largest absolute Gasteiger partial charge is 0.381 e. The maximum absolute atomic E-state index is 14.3. The molecule has 176 valence electrons. The maximum atomic E-state index is 14.3. The molecule has 2 N–H and O–H groups in total. The molecule has 6 nitrogen and oxygen atoms in total. The highest BCUT2D eigenvalue weighted by Gasteiger charge is 2.23. The van der Waals surface area contributed by atoms with E-state index in [2.05, 4.69) is 22.5 Å². The summed E-state index contributed by atoms with van der Waals surface area (Å²) in [5, 5.41) is 6.88. The fourth-order valence-electron chi connectivity index (χ4n) is 4.04. The van der Waals surface area contributed by atoms with E-state index in [1.165, 1.54) is 0 Å². The zero-order chi connectivity index (χ0) is 21.2. The van der Waals surface area contributed by atoms with Gasteiger partial charge in [-0.15, -0.1) is 24.0 Å². The first kappa shape index (κ1) is 26.1. The van der Waals surface area contributed by atoms with Gasteiger partial charge in [0.05, 0.1) is 11.8 Å². The predicted molar refractivity (Wildman–Crippen MR) is 135 cm³/mol. The van der Waals surface area contributed by atoms with Gasteiger partial charge < -0.3 is 25.0 Å². The number of aliphatic imine (C=N–C) groups is 1. The molecule has 2 aliphatic rings. The van der Waals surface area contributed by atoms with Crippen LogP contribution in [0, 0.1) is 12.7 Å². The van der Waals surface area contributed by atoms with E-state index >= 15 is 0 Å². The Bertz CT molecular complexity index is 686. The zero-order valence-corrected chi connectivity index (χ0v) is 21.2. The van der Waals surface area contributed by atoms with Crippen LogP contribution in [0.25, 0.3) is 0 Å². The fraction of sp³-hybridized carbons (Fsp3) is 0.696. The second-order valence-electron chi connectivity index (χ2n) is 8.18. The third-order valence-electron chi connectivity index (χ3n) is 5.64. The monoisotopic (exact) mass is 548 g/mol. The van der Waals surface area contributed by atoms with E-state index < -0.39 is 0 Å². The molecule has 2 aliphatic heterocycles. The van der Waals surface area contributed by atoms with Gasteiger partial charge in [0, 0.05) is 52.0 Å². The summed E-state index contributed by atoms with van der Waals surface area (Å²) in [5.41, 5.74) is 1.79. The van der Waals surface area contributed by atoms with Crippen molar-refractivity contribution in [3.8, 4) is 0 Å². The van der Waals surface area contributed by atoms with Gasteiger partial charge in [-0.25, -0.2) is 4.39 Å². The highest BCUT2D eigenvalue weighted by Crippen LogP contribution is 2.24. The van der Waals surface area contributed by atoms with E-state index in [1.807, 2.05) is 19.1 Å². The predicted octanol–water partition coefficient (Wildman–Crippen LogP) is 3.86. The van der Waals surface area contributed by atoms with Gasteiger partial charge in [-0.1, -0.05) is 6.07 Å². The van der Waals surface area contributed by atoms with Crippen LogP contribution in [0.4, 0.5) is 10.1 Å². The highest BCUT2D eigenvalue weighted by atomic mass is 127. The quantitative estimate of drug-likeness (QED) is 0.224. The molecule has 1 atom stereocenters.